The molecule has 2 aromatic rings. The minimum atomic E-state index is 0.614. The van der Waals surface area contributed by atoms with Crippen molar-refractivity contribution in [3.63, 3.8) is 0 Å². The lowest BCUT2D eigenvalue weighted by Gasteiger charge is -2.13. The molecule has 26 heavy (non-hydrogen) atoms. The Bertz CT molecular complexity index is 771. The Hall–Kier alpha value is -2.77. The zero-order valence-electron chi connectivity index (χ0n) is 15.6. The molecule has 1 aliphatic rings. The molecule has 0 saturated heterocycles. The molecule has 2 heterocycles. The van der Waals surface area contributed by atoms with E-state index in [0.29, 0.717) is 6.54 Å². The van der Waals surface area contributed by atoms with Crippen LogP contribution in [0.5, 0.6) is 11.5 Å². The standard InChI is InChI=1S/C18H26N6O2/c1-19-18(21-12-17-23-22-16-5-4-10-24(16)17)20-9-8-13-6-7-14(25-2)15(11-13)26-3/h6-7,11H,4-5,8-10,12H2,1-3H3,(H2,19,20,21). The van der Waals surface area contributed by atoms with Gasteiger partial charge in [-0.05, 0) is 30.5 Å². The first-order valence-corrected chi connectivity index (χ1v) is 8.81. The Morgan fingerprint density at radius 2 is 2.04 bits per heavy atom. The number of hydrogen-bond acceptors (Lipinski definition) is 5. The van der Waals surface area contributed by atoms with Crippen LogP contribution in [0.2, 0.25) is 0 Å². The summed E-state index contributed by atoms with van der Waals surface area (Å²) in [7, 11) is 5.05. The number of aryl methyl sites for hydroxylation is 1. The lowest BCUT2D eigenvalue weighted by Crippen LogP contribution is -2.38. The maximum atomic E-state index is 5.35. The average Bonchev–Trinajstić information content (AvgIpc) is 3.28. The molecule has 0 bridgehead atoms. The highest BCUT2D eigenvalue weighted by atomic mass is 16.5. The summed E-state index contributed by atoms with van der Waals surface area (Å²) in [4.78, 5) is 4.27. The Kier molecular flexibility index (Phi) is 5.93. The fourth-order valence-corrected chi connectivity index (χ4v) is 3.09. The van der Waals surface area contributed by atoms with Crippen LogP contribution >= 0.6 is 0 Å². The van der Waals surface area contributed by atoms with Crippen molar-refractivity contribution in [1.29, 1.82) is 0 Å². The van der Waals surface area contributed by atoms with E-state index in [9.17, 15) is 0 Å². The molecule has 1 aromatic carbocycles. The van der Waals surface area contributed by atoms with Gasteiger partial charge in [-0.2, -0.15) is 0 Å². The summed E-state index contributed by atoms with van der Waals surface area (Å²) in [6.07, 6.45) is 3.02. The van der Waals surface area contributed by atoms with Crippen LogP contribution in [0.1, 0.15) is 23.6 Å². The van der Waals surface area contributed by atoms with Gasteiger partial charge in [0.15, 0.2) is 23.3 Å². The van der Waals surface area contributed by atoms with Crippen LogP contribution in [0, 0.1) is 0 Å². The summed E-state index contributed by atoms with van der Waals surface area (Å²) in [6, 6.07) is 5.96. The third-order valence-electron chi connectivity index (χ3n) is 4.48. The van der Waals surface area contributed by atoms with Gasteiger partial charge in [0.05, 0.1) is 20.8 Å². The van der Waals surface area contributed by atoms with Gasteiger partial charge >= 0.3 is 0 Å². The van der Waals surface area contributed by atoms with Gasteiger partial charge in [0, 0.05) is 26.6 Å². The molecule has 0 atom stereocenters. The van der Waals surface area contributed by atoms with E-state index in [0.717, 1.165) is 61.5 Å². The Labute approximate surface area is 153 Å². The molecule has 0 fully saturated rings. The monoisotopic (exact) mass is 358 g/mol. The second-order valence-electron chi connectivity index (χ2n) is 6.08. The first kappa shape index (κ1) is 18.0. The van der Waals surface area contributed by atoms with Crippen LogP contribution in [-0.2, 0) is 25.9 Å². The van der Waals surface area contributed by atoms with E-state index < -0.39 is 0 Å². The molecule has 0 unspecified atom stereocenters. The number of nitrogens with zero attached hydrogens (tertiary/aromatic N) is 4. The number of aromatic nitrogens is 3. The third kappa shape index (κ3) is 4.07. The number of ether oxygens (including phenoxy) is 2. The minimum absolute atomic E-state index is 0.614. The summed E-state index contributed by atoms with van der Waals surface area (Å²) in [5, 5.41) is 15.1. The molecule has 0 spiro atoms. The largest absolute Gasteiger partial charge is 0.493 e. The van der Waals surface area contributed by atoms with Gasteiger partial charge in [-0.3, -0.25) is 4.99 Å². The van der Waals surface area contributed by atoms with E-state index in [2.05, 4.69) is 30.4 Å². The molecule has 8 nitrogen and oxygen atoms in total. The average molecular weight is 358 g/mol. The summed E-state index contributed by atoms with van der Waals surface area (Å²) in [5.41, 5.74) is 1.17. The van der Waals surface area contributed by atoms with Gasteiger partial charge in [0.1, 0.15) is 5.82 Å². The van der Waals surface area contributed by atoms with Crippen molar-refractivity contribution in [2.24, 2.45) is 4.99 Å². The fraction of sp³-hybridized carbons (Fsp3) is 0.500. The molecule has 2 N–H and O–H groups in total. The van der Waals surface area contributed by atoms with Crippen molar-refractivity contribution < 1.29 is 9.47 Å². The number of benzene rings is 1. The highest BCUT2D eigenvalue weighted by Crippen LogP contribution is 2.27. The van der Waals surface area contributed by atoms with E-state index in [4.69, 9.17) is 9.47 Å². The van der Waals surface area contributed by atoms with E-state index in [1.165, 1.54) is 5.56 Å². The second-order valence-corrected chi connectivity index (χ2v) is 6.08. The molecule has 0 amide bonds. The SMILES string of the molecule is CN=C(NCCc1ccc(OC)c(OC)c1)NCc1nnc2n1CCC2. The molecule has 140 valence electrons. The van der Waals surface area contributed by atoms with Crippen molar-refractivity contribution in [1.82, 2.24) is 25.4 Å². The van der Waals surface area contributed by atoms with Crippen LogP contribution in [0.4, 0.5) is 0 Å². The number of rotatable bonds is 7. The highest BCUT2D eigenvalue weighted by molar-refractivity contribution is 5.79. The smallest absolute Gasteiger partial charge is 0.191 e. The van der Waals surface area contributed by atoms with Crippen LogP contribution in [-0.4, -0.2) is 48.5 Å². The Morgan fingerprint density at radius 3 is 2.81 bits per heavy atom. The molecule has 0 radical (unpaired) electrons. The lowest BCUT2D eigenvalue weighted by atomic mass is 10.1. The first-order valence-electron chi connectivity index (χ1n) is 8.81. The van der Waals surface area contributed by atoms with Crippen LogP contribution in [0.15, 0.2) is 23.2 Å². The predicted octanol–water partition coefficient (Wildman–Crippen LogP) is 1.15. The predicted molar refractivity (Wildman–Crippen MR) is 99.8 cm³/mol. The van der Waals surface area contributed by atoms with Gasteiger partial charge in [0.2, 0.25) is 0 Å². The highest BCUT2D eigenvalue weighted by Gasteiger charge is 2.17. The summed E-state index contributed by atoms with van der Waals surface area (Å²) >= 11 is 0. The van der Waals surface area contributed by atoms with E-state index >= 15 is 0 Å². The van der Waals surface area contributed by atoms with Crippen LogP contribution < -0.4 is 20.1 Å². The van der Waals surface area contributed by atoms with Gasteiger partial charge in [-0.25, -0.2) is 0 Å². The van der Waals surface area contributed by atoms with Gasteiger partial charge in [-0.1, -0.05) is 6.07 Å². The second kappa shape index (κ2) is 8.55. The van der Waals surface area contributed by atoms with Crippen molar-refractivity contribution in [2.45, 2.75) is 32.4 Å². The lowest BCUT2D eigenvalue weighted by molar-refractivity contribution is 0.354. The van der Waals surface area contributed by atoms with Crippen molar-refractivity contribution in [2.75, 3.05) is 27.8 Å². The number of fused-ring (bicyclic) bond motifs is 1. The summed E-state index contributed by atoms with van der Waals surface area (Å²) in [6.45, 7) is 2.38. The molecular formula is C18H26N6O2. The van der Waals surface area contributed by atoms with E-state index in [1.54, 1.807) is 21.3 Å². The number of aliphatic imine (C=N–C) groups is 1. The summed E-state index contributed by atoms with van der Waals surface area (Å²) < 4.78 is 12.8. The minimum Gasteiger partial charge on any atom is -0.493 e. The van der Waals surface area contributed by atoms with Crippen molar-refractivity contribution >= 4 is 5.96 Å². The molecule has 0 aliphatic carbocycles. The Morgan fingerprint density at radius 1 is 1.19 bits per heavy atom. The van der Waals surface area contributed by atoms with Crippen LogP contribution in [0.25, 0.3) is 0 Å². The fourth-order valence-electron chi connectivity index (χ4n) is 3.09. The van der Waals surface area contributed by atoms with E-state index in [-0.39, 0.29) is 0 Å². The number of methoxy groups -OCH3 is 2. The van der Waals surface area contributed by atoms with Crippen molar-refractivity contribution in [3.05, 3.63) is 35.4 Å². The molecule has 3 rings (SSSR count). The third-order valence-corrected chi connectivity index (χ3v) is 4.48. The quantitative estimate of drug-likeness (QED) is 0.570. The number of guanidine groups is 1. The number of nitrogens with one attached hydrogen (secondary N) is 2. The molecule has 8 heteroatoms. The first-order chi connectivity index (χ1) is 12.7. The van der Waals surface area contributed by atoms with E-state index in [1.807, 2.05) is 18.2 Å². The molecular weight excluding hydrogens is 332 g/mol. The van der Waals surface area contributed by atoms with Crippen LogP contribution in [0.3, 0.4) is 0 Å². The molecule has 1 aliphatic heterocycles. The zero-order valence-corrected chi connectivity index (χ0v) is 15.6. The normalized spacial score (nSPS) is 13.4. The maximum absolute atomic E-state index is 5.35. The zero-order chi connectivity index (χ0) is 18.4. The maximum Gasteiger partial charge on any atom is 0.191 e. The Balaban J connectivity index is 1.48. The van der Waals surface area contributed by atoms with Gasteiger partial charge in [0.25, 0.3) is 0 Å². The van der Waals surface area contributed by atoms with Gasteiger partial charge in [-0.15, -0.1) is 10.2 Å². The van der Waals surface area contributed by atoms with Gasteiger partial charge < -0.3 is 24.7 Å². The molecule has 1 aromatic heterocycles. The topological polar surface area (TPSA) is 85.6 Å². The molecule has 0 saturated carbocycles. The summed E-state index contributed by atoms with van der Waals surface area (Å²) in [5.74, 6) is 4.27. The van der Waals surface area contributed by atoms with Crippen molar-refractivity contribution in [3.8, 4) is 11.5 Å². The number of hydrogen-bond donors (Lipinski definition) is 2.